The maximum Gasteiger partial charge on any atom is 0.323 e. The summed E-state index contributed by atoms with van der Waals surface area (Å²) in [6.07, 6.45) is 1.65. The fourth-order valence-electron chi connectivity index (χ4n) is 3.54. The number of hydrogen-bond acceptors (Lipinski definition) is 4. The van der Waals surface area contributed by atoms with Gasteiger partial charge in [0.05, 0.1) is 6.04 Å². The molecule has 0 unspecified atom stereocenters. The van der Waals surface area contributed by atoms with E-state index in [1.165, 1.54) is 35.6 Å². The van der Waals surface area contributed by atoms with Crippen LogP contribution in [0, 0.1) is 11.6 Å². The number of amides is 2. The summed E-state index contributed by atoms with van der Waals surface area (Å²) < 4.78 is 26.8. The van der Waals surface area contributed by atoms with Crippen molar-refractivity contribution >= 4 is 22.5 Å². The van der Waals surface area contributed by atoms with Gasteiger partial charge in [-0.25, -0.2) is 18.6 Å². The lowest BCUT2D eigenvalue weighted by atomic mass is 9.96. The Morgan fingerprint density at radius 3 is 1.97 bits per heavy atom. The van der Waals surface area contributed by atoms with Gasteiger partial charge in [0.25, 0.3) is 0 Å². The number of nitrogens with one attached hydrogen (secondary N) is 1. The summed E-state index contributed by atoms with van der Waals surface area (Å²) >= 11 is 1.38. The van der Waals surface area contributed by atoms with Crippen LogP contribution >= 0.6 is 11.3 Å². The first-order valence-electron chi connectivity index (χ1n) is 9.30. The van der Waals surface area contributed by atoms with E-state index in [9.17, 15) is 13.6 Å². The van der Waals surface area contributed by atoms with Gasteiger partial charge in [0.1, 0.15) is 11.6 Å². The Kier molecular flexibility index (Phi) is 5.82. The largest absolute Gasteiger partial charge is 0.323 e. The average molecular weight is 414 g/mol. The standard InChI is InChI=1S/C21H20F2N4OS/c22-17-5-1-15(2-6-17)19(16-3-7-18(23)8-4-16)26-10-12-27(13-11-26)21(28)25-20-24-9-14-29-20/h1-9,14,19H,10-13H2,(H,24,25,28). The van der Waals surface area contributed by atoms with E-state index in [0.717, 1.165) is 11.1 Å². The molecule has 0 atom stereocenters. The van der Waals surface area contributed by atoms with Crippen molar-refractivity contribution in [2.24, 2.45) is 0 Å². The summed E-state index contributed by atoms with van der Waals surface area (Å²) in [6, 6.07) is 12.5. The van der Waals surface area contributed by atoms with Crippen molar-refractivity contribution in [2.75, 3.05) is 31.5 Å². The molecule has 4 rings (SSSR count). The van der Waals surface area contributed by atoms with Crippen LogP contribution in [0.5, 0.6) is 0 Å². The minimum absolute atomic E-state index is 0.139. The van der Waals surface area contributed by atoms with E-state index >= 15 is 0 Å². The summed E-state index contributed by atoms with van der Waals surface area (Å²) in [5.74, 6) is -0.592. The molecule has 0 bridgehead atoms. The van der Waals surface area contributed by atoms with Crippen LogP contribution in [-0.4, -0.2) is 47.0 Å². The van der Waals surface area contributed by atoms with Crippen molar-refractivity contribution in [3.63, 3.8) is 0 Å². The van der Waals surface area contributed by atoms with E-state index in [-0.39, 0.29) is 23.7 Å². The number of rotatable bonds is 4. The minimum atomic E-state index is -0.296. The summed E-state index contributed by atoms with van der Waals surface area (Å²) in [5.41, 5.74) is 1.86. The molecule has 0 saturated carbocycles. The zero-order valence-corrected chi connectivity index (χ0v) is 16.4. The number of nitrogens with zero attached hydrogens (tertiary/aromatic N) is 3. The molecule has 8 heteroatoms. The predicted octanol–water partition coefficient (Wildman–Crippen LogP) is 4.36. The molecule has 0 radical (unpaired) electrons. The quantitative estimate of drug-likeness (QED) is 0.690. The molecule has 1 fully saturated rings. The molecule has 3 aromatic rings. The van der Waals surface area contributed by atoms with Crippen molar-refractivity contribution in [3.8, 4) is 0 Å². The molecule has 2 aromatic carbocycles. The second-order valence-corrected chi connectivity index (χ2v) is 7.69. The molecule has 2 heterocycles. The Hall–Kier alpha value is -2.84. The highest BCUT2D eigenvalue weighted by Crippen LogP contribution is 2.30. The Morgan fingerprint density at radius 1 is 0.931 bits per heavy atom. The fraction of sp³-hybridized carbons (Fsp3) is 0.238. The molecule has 1 N–H and O–H groups in total. The molecule has 0 spiro atoms. The third kappa shape index (κ3) is 4.60. The second kappa shape index (κ2) is 8.67. The monoisotopic (exact) mass is 414 g/mol. The molecule has 150 valence electrons. The third-order valence-corrected chi connectivity index (χ3v) is 5.67. The number of carbonyl (C=O) groups is 1. The maximum absolute atomic E-state index is 13.4. The van der Waals surface area contributed by atoms with E-state index in [4.69, 9.17) is 0 Å². The lowest BCUT2D eigenvalue weighted by Crippen LogP contribution is -2.51. The van der Waals surface area contributed by atoms with Gasteiger partial charge in [-0.2, -0.15) is 0 Å². The molecule has 1 aliphatic heterocycles. The van der Waals surface area contributed by atoms with E-state index in [0.29, 0.717) is 31.3 Å². The van der Waals surface area contributed by atoms with Crippen molar-refractivity contribution < 1.29 is 13.6 Å². The lowest BCUT2D eigenvalue weighted by molar-refractivity contribution is 0.126. The van der Waals surface area contributed by atoms with Gasteiger partial charge in [-0.15, -0.1) is 11.3 Å². The molecule has 1 saturated heterocycles. The van der Waals surface area contributed by atoms with Gasteiger partial charge in [0.15, 0.2) is 5.13 Å². The molecule has 29 heavy (non-hydrogen) atoms. The number of anilines is 1. The second-order valence-electron chi connectivity index (χ2n) is 6.80. The molecule has 5 nitrogen and oxygen atoms in total. The average Bonchev–Trinajstić information content (AvgIpc) is 3.24. The highest BCUT2D eigenvalue weighted by molar-refractivity contribution is 7.13. The topological polar surface area (TPSA) is 48.5 Å². The minimum Gasteiger partial charge on any atom is -0.322 e. The van der Waals surface area contributed by atoms with Gasteiger partial charge in [-0.1, -0.05) is 24.3 Å². The number of aromatic nitrogens is 1. The van der Waals surface area contributed by atoms with Gasteiger partial charge >= 0.3 is 6.03 Å². The van der Waals surface area contributed by atoms with Crippen molar-refractivity contribution in [2.45, 2.75) is 6.04 Å². The van der Waals surface area contributed by atoms with Crippen LogP contribution < -0.4 is 5.32 Å². The van der Waals surface area contributed by atoms with Gasteiger partial charge < -0.3 is 4.90 Å². The number of benzene rings is 2. The Bertz CT molecular complexity index is 894. The van der Waals surface area contributed by atoms with Crippen LogP contribution in [0.3, 0.4) is 0 Å². The Morgan fingerprint density at radius 2 is 1.48 bits per heavy atom. The van der Waals surface area contributed by atoms with Crippen LogP contribution in [0.4, 0.5) is 18.7 Å². The van der Waals surface area contributed by atoms with Crippen molar-refractivity contribution in [1.82, 2.24) is 14.8 Å². The summed E-state index contributed by atoms with van der Waals surface area (Å²) in [5, 5.41) is 5.19. The van der Waals surface area contributed by atoms with Crippen LogP contribution in [0.25, 0.3) is 0 Å². The zero-order valence-electron chi connectivity index (χ0n) is 15.6. The first kappa shape index (κ1) is 19.5. The van der Waals surface area contributed by atoms with E-state index in [2.05, 4.69) is 15.2 Å². The summed E-state index contributed by atoms with van der Waals surface area (Å²) in [4.78, 5) is 20.5. The Labute approximate surface area is 171 Å². The van der Waals surface area contributed by atoms with E-state index in [1.807, 2.05) is 5.38 Å². The van der Waals surface area contributed by atoms with Gasteiger partial charge in [0, 0.05) is 37.8 Å². The Balaban J connectivity index is 1.49. The smallest absolute Gasteiger partial charge is 0.322 e. The van der Waals surface area contributed by atoms with Gasteiger partial charge in [0.2, 0.25) is 0 Å². The normalized spacial score (nSPS) is 14.9. The number of piperazine rings is 1. The maximum atomic E-state index is 13.4. The molecule has 1 aliphatic rings. The van der Waals surface area contributed by atoms with Crippen LogP contribution in [0.2, 0.25) is 0 Å². The number of carbonyl (C=O) groups excluding carboxylic acids is 1. The predicted molar refractivity (Wildman–Crippen MR) is 109 cm³/mol. The highest BCUT2D eigenvalue weighted by Gasteiger charge is 2.28. The third-order valence-electron chi connectivity index (χ3n) is 4.98. The SMILES string of the molecule is O=C(Nc1nccs1)N1CCN(C(c2ccc(F)cc2)c2ccc(F)cc2)CC1. The fourth-order valence-corrected chi connectivity index (χ4v) is 4.06. The summed E-state index contributed by atoms with van der Waals surface area (Å²) in [6.45, 7) is 2.39. The van der Waals surface area contributed by atoms with Crippen LogP contribution in [-0.2, 0) is 0 Å². The molecular weight excluding hydrogens is 394 g/mol. The lowest BCUT2D eigenvalue weighted by Gasteiger charge is -2.39. The van der Waals surface area contributed by atoms with Crippen LogP contribution in [0.1, 0.15) is 17.2 Å². The first-order chi connectivity index (χ1) is 14.1. The van der Waals surface area contributed by atoms with Crippen molar-refractivity contribution in [3.05, 3.63) is 82.9 Å². The van der Waals surface area contributed by atoms with Crippen molar-refractivity contribution in [1.29, 1.82) is 0 Å². The first-order valence-corrected chi connectivity index (χ1v) is 10.2. The number of halogens is 2. The molecular formula is C21H20F2N4OS. The van der Waals surface area contributed by atoms with E-state index < -0.39 is 0 Å². The van der Waals surface area contributed by atoms with Gasteiger partial charge in [-0.3, -0.25) is 10.2 Å². The van der Waals surface area contributed by atoms with Crippen LogP contribution in [0.15, 0.2) is 60.1 Å². The van der Waals surface area contributed by atoms with Gasteiger partial charge in [-0.05, 0) is 35.4 Å². The molecule has 0 aliphatic carbocycles. The highest BCUT2D eigenvalue weighted by atomic mass is 32.1. The van der Waals surface area contributed by atoms with E-state index in [1.54, 1.807) is 35.4 Å². The molecule has 2 amide bonds. The summed E-state index contributed by atoms with van der Waals surface area (Å²) in [7, 11) is 0. The zero-order chi connectivity index (χ0) is 20.2. The number of thiazole rings is 1. The molecule has 1 aromatic heterocycles. The number of urea groups is 1. The number of hydrogen-bond donors (Lipinski definition) is 1.